The Morgan fingerprint density at radius 1 is 1.15 bits per heavy atom. The van der Waals surface area contributed by atoms with E-state index in [1.807, 2.05) is 19.9 Å². The predicted molar refractivity (Wildman–Crippen MR) is 96.0 cm³/mol. The first-order valence-corrected chi connectivity index (χ1v) is 10.2. The van der Waals surface area contributed by atoms with E-state index in [0.29, 0.717) is 37.6 Å². The van der Waals surface area contributed by atoms with Crippen molar-refractivity contribution in [1.29, 1.82) is 0 Å². The highest BCUT2D eigenvalue weighted by Gasteiger charge is 2.26. The molecule has 1 saturated heterocycles. The number of sulfonamides is 1. The molecule has 26 heavy (non-hydrogen) atoms. The summed E-state index contributed by atoms with van der Waals surface area (Å²) in [6.07, 6.45) is 1.19. The molecule has 9 nitrogen and oxygen atoms in total. The van der Waals surface area contributed by atoms with Crippen LogP contribution < -0.4 is 0 Å². The molecule has 0 saturated carbocycles. The van der Waals surface area contributed by atoms with Crippen LogP contribution in [0.5, 0.6) is 0 Å². The third-order valence-electron chi connectivity index (χ3n) is 4.34. The lowest BCUT2D eigenvalue weighted by atomic mass is 10.1. The van der Waals surface area contributed by atoms with Crippen molar-refractivity contribution in [3.63, 3.8) is 0 Å². The van der Waals surface area contributed by atoms with Crippen molar-refractivity contribution in [3.8, 4) is 11.4 Å². The number of tetrazole rings is 1. The van der Waals surface area contributed by atoms with Gasteiger partial charge in [-0.3, -0.25) is 4.79 Å². The second-order valence-corrected chi connectivity index (χ2v) is 8.56. The van der Waals surface area contributed by atoms with Crippen molar-refractivity contribution >= 4 is 15.9 Å². The molecule has 0 spiro atoms. The molecule has 1 aliphatic heterocycles. The van der Waals surface area contributed by atoms with Gasteiger partial charge in [0.05, 0.1) is 12.3 Å². The number of carbonyl (C=O) groups excluding carboxylic acids is 1. The summed E-state index contributed by atoms with van der Waals surface area (Å²) in [5.74, 6) is 0.486. The van der Waals surface area contributed by atoms with Crippen LogP contribution in [0.3, 0.4) is 0 Å². The lowest BCUT2D eigenvalue weighted by molar-refractivity contribution is 0.0698. The number of benzene rings is 1. The van der Waals surface area contributed by atoms with Crippen molar-refractivity contribution in [2.45, 2.75) is 19.9 Å². The van der Waals surface area contributed by atoms with E-state index in [1.54, 1.807) is 27.8 Å². The number of carbonyl (C=O) groups is 1. The number of nitrogens with zero attached hydrogens (tertiary/aromatic N) is 6. The van der Waals surface area contributed by atoms with E-state index >= 15 is 0 Å². The topological polar surface area (TPSA) is 101 Å². The van der Waals surface area contributed by atoms with E-state index < -0.39 is 10.0 Å². The minimum Gasteiger partial charge on any atom is -0.336 e. The zero-order valence-corrected chi connectivity index (χ0v) is 15.8. The molecule has 1 aromatic heterocycles. The van der Waals surface area contributed by atoms with Gasteiger partial charge in [-0.15, -0.1) is 5.10 Å². The van der Waals surface area contributed by atoms with E-state index in [4.69, 9.17) is 0 Å². The summed E-state index contributed by atoms with van der Waals surface area (Å²) in [7, 11) is -3.22. The van der Waals surface area contributed by atoms with E-state index in [0.717, 1.165) is 5.56 Å². The van der Waals surface area contributed by atoms with Crippen LogP contribution in [0.1, 0.15) is 30.2 Å². The van der Waals surface area contributed by atoms with Crippen molar-refractivity contribution in [2.75, 3.05) is 32.4 Å². The molecule has 2 heterocycles. The average molecular weight is 378 g/mol. The van der Waals surface area contributed by atoms with Gasteiger partial charge >= 0.3 is 0 Å². The van der Waals surface area contributed by atoms with Crippen molar-refractivity contribution in [3.05, 3.63) is 29.8 Å². The van der Waals surface area contributed by atoms with Gasteiger partial charge in [0.2, 0.25) is 10.0 Å². The van der Waals surface area contributed by atoms with Crippen LogP contribution in [0.4, 0.5) is 0 Å². The molecule has 1 aromatic carbocycles. The third-order valence-corrected chi connectivity index (χ3v) is 5.65. The first-order chi connectivity index (χ1) is 12.3. The number of hydrogen-bond acceptors (Lipinski definition) is 6. The maximum atomic E-state index is 12.8. The van der Waals surface area contributed by atoms with E-state index in [9.17, 15) is 13.2 Å². The van der Waals surface area contributed by atoms with E-state index in [-0.39, 0.29) is 11.9 Å². The van der Waals surface area contributed by atoms with Crippen molar-refractivity contribution < 1.29 is 13.2 Å². The van der Waals surface area contributed by atoms with Gasteiger partial charge < -0.3 is 4.90 Å². The predicted octanol–water partition coefficient (Wildman–Crippen LogP) is 0.638. The summed E-state index contributed by atoms with van der Waals surface area (Å²) >= 11 is 0. The largest absolute Gasteiger partial charge is 0.336 e. The molecule has 140 valence electrons. The first-order valence-electron chi connectivity index (χ1n) is 8.40. The molecule has 2 aromatic rings. The molecule has 1 fully saturated rings. The Morgan fingerprint density at radius 2 is 1.85 bits per heavy atom. The molecular weight excluding hydrogens is 356 g/mol. The maximum absolute atomic E-state index is 12.8. The van der Waals surface area contributed by atoms with Gasteiger partial charge in [-0.2, -0.15) is 4.31 Å². The Labute approximate surface area is 152 Å². The van der Waals surface area contributed by atoms with Gasteiger partial charge in [0, 0.05) is 37.3 Å². The SMILES string of the molecule is CC(C)n1nnnc1-c1cccc(C(=O)N2CCN(S(C)(=O)=O)CC2)c1. The van der Waals surface area contributed by atoms with Crippen LogP contribution in [0, 0.1) is 0 Å². The fourth-order valence-corrected chi connectivity index (χ4v) is 3.75. The van der Waals surface area contributed by atoms with Gasteiger partial charge in [0.1, 0.15) is 0 Å². The lowest BCUT2D eigenvalue weighted by Crippen LogP contribution is -2.50. The van der Waals surface area contributed by atoms with Crippen LogP contribution in [-0.4, -0.2) is 76.2 Å². The molecule has 0 radical (unpaired) electrons. The molecule has 3 rings (SSSR count). The van der Waals surface area contributed by atoms with E-state index in [2.05, 4.69) is 15.5 Å². The Bertz CT molecular complexity index is 900. The summed E-state index contributed by atoms with van der Waals surface area (Å²) in [6, 6.07) is 7.29. The molecule has 1 aliphatic rings. The fourth-order valence-electron chi connectivity index (χ4n) is 2.93. The molecule has 0 aliphatic carbocycles. The summed E-state index contributed by atoms with van der Waals surface area (Å²) in [4.78, 5) is 14.5. The Morgan fingerprint density at radius 3 is 2.46 bits per heavy atom. The van der Waals surface area contributed by atoms with Gasteiger partial charge in [-0.05, 0) is 36.4 Å². The number of piperazine rings is 1. The zero-order chi connectivity index (χ0) is 18.9. The van der Waals surface area contributed by atoms with Crippen molar-refractivity contribution in [1.82, 2.24) is 29.4 Å². The molecule has 0 bridgehead atoms. The zero-order valence-electron chi connectivity index (χ0n) is 15.0. The van der Waals surface area contributed by atoms with Gasteiger partial charge in [-0.1, -0.05) is 12.1 Å². The highest BCUT2D eigenvalue weighted by molar-refractivity contribution is 7.88. The molecule has 10 heteroatoms. The lowest BCUT2D eigenvalue weighted by Gasteiger charge is -2.33. The van der Waals surface area contributed by atoms with Crippen LogP contribution in [0.25, 0.3) is 11.4 Å². The summed E-state index contributed by atoms with van der Waals surface area (Å²) < 4.78 is 26.3. The number of hydrogen-bond donors (Lipinski definition) is 0. The Kier molecular flexibility index (Phi) is 5.05. The monoisotopic (exact) mass is 378 g/mol. The third kappa shape index (κ3) is 3.75. The second kappa shape index (κ2) is 7.12. The van der Waals surface area contributed by atoms with E-state index in [1.165, 1.54) is 10.6 Å². The quantitative estimate of drug-likeness (QED) is 0.774. The first kappa shape index (κ1) is 18.5. The summed E-state index contributed by atoms with van der Waals surface area (Å²) in [5, 5.41) is 11.8. The van der Waals surface area contributed by atoms with Gasteiger partial charge in [0.15, 0.2) is 5.82 Å². The standard InChI is InChI=1S/C16H22N6O3S/c1-12(2)22-15(17-18-19-22)13-5-4-6-14(11-13)16(23)20-7-9-21(10-8-20)26(3,24)25/h4-6,11-12H,7-10H2,1-3H3. The second-order valence-electron chi connectivity index (χ2n) is 6.58. The number of rotatable bonds is 4. The number of amides is 1. The smallest absolute Gasteiger partial charge is 0.253 e. The Hall–Kier alpha value is -2.33. The highest BCUT2D eigenvalue weighted by Crippen LogP contribution is 2.21. The van der Waals surface area contributed by atoms with Crippen LogP contribution in [0.15, 0.2) is 24.3 Å². The molecule has 0 unspecified atom stereocenters. The van der Waals surface area contributed by atoms with Gasteiger partial charge in [0.25, 0.3) is 5.91 Å². The van der Waals surface area contributed by atoms with Crippen LogP contribution in [-0.2, 0) is 10.0 Å². The molecular formula is C16H22N6O3S. The molecule has 0 atom stereocenters. The average Bonchev–Trinajstić information content (AvgIpc) is 3.11. The summed E-state index contributed by atoms with van der Waals surface area (Å²) in [6.45, 7) is 5.34. The van der Waals surface area contributed by atoms with Crippen LogP contribution >= 0.6 is 0 Å². The normalized spacial score (nSPS) is 16.2. The fraction of sp³-hybridized carbons (Fsp3) is 0.500. The number of aromatic nitrogens is 4. The Balaban J connectivity index is 1.78. The molecule has 1 amide bonds. The van der Waals surface area contributed by atoms with Crippen LogP contribution in [0.2, 0.25) is 0 Å². The summed E-state index contributed by atoms with van der Waals surface area (Å²) in [5.41, 5.74) is 1.30. The highest BCUT2D eigenvalue weighted by atomic mass is 32.2. The minimum absolute atomic E-state index is 0.100. The van der Waals surface area contributed by atoms with Gasteiger partial charge in [-0.25, -0.2) is 13.1 Å². The maximum Gasteiger partial charge on any atom is 0.253 e. The molecule has 0 N–H and O–H groups in total. The minimum atomic E-state index is -3.22. The van der Waals surface area contributed by atoms with Crippen molar-refractivity contribution in [2.24, 2.45) is 0 Å².